The first-order chi connectivity index (χ1) is 15.9. The third-order valence-electron chi connectivity index (χ3n) is 4.79. The average Bonchev–Trinajstić information content (AvgIpc) is 2.84. The maximum absolute atomic E-state index is 12.9. The lowest BCUT2D eigenvalue weighted by Crippen LogP contribution is -2.63. The molecule has 0 unspecified atom stereocenters. The molecule has 10 nitrogen and oxygen atoms in total. The number of alkyl carbamates (subject to hydrolysis) is 1. The van der Waals surface area contributed by atoms with Crippen molar-refractivity contribution < 1.29 is 33.6 Å². The van der Waals surface area contributed by atoms with Crippen LogP contribution in [0.3, 0.4) is 0 Å². The molecular formula is C23H23N3O7. The van der Waals surface area contributed by atoms with Crippen LogP contribution in [0.5, 0.6) is 17.8 Å². The smallest absolute Gasteiger partial charge is 0.410 e. The van der Waals surface area contributed by atoms with Crippen LogP contribution >= 0.6 is 0 Å². The number of carbonyl (C=O) groups is 2. The molecule has 172 valence electrons. The number of carboxylic acids is 1. The van der Waals surface area contributed by atoms with Crippen LogP contribution in [0.1, 0.15) is 17.0 Å². The second-order valence-electron chi connectivity index (χ2n) is 6.75. The van der Waals surface area contributed by atoms with E-state index in [1.807, 2.05) is 0 Å². The van der Waals surface area contributed by atoms with Crippen LogP contribution in [0, 0.1) is 0 Å². The van der Waals surface area contributed by atoms with Gasteiger partial charge in [0.15, 0.2) is 0 Å². The van der Waals surface area contributed by atoms with Gasteiger partial charge in [0, 0.05) is 0 Å². The van der Waals surface area contributed by atoms with Crippen molar-refractivity contribution in [1.29, 1.82) is 0 Å². The van der Waals surface area contributed by atoms with Gasteiger partial charge in [0.2, 0.25) is 11.8 Å². The number of ether oxygens (including phenoxy) is 4. The number of amides is 1. The summed E-state index contributed by atoms with van der Waals surface area (Å²) in [5.74, 6) is -2.39. The minimum atomic E-state index is -2.41. The molecular weight excluding hydrogens is 430 g/mol. The van der Waals surface area contributed by atoms with Gasteiger partial charge in [-0.25, -0.2) is 9.59 Å². The first kappa shape index (κ1) is 23.3. The summed E-state index contributed by atoms with van der Waals surface area (Å²) >= 11 is 0. The molecule has 2 aromatic carbocycles. The summed E-state index contributed by atoms with van der Waals surface area (Å²) in [6.45, 7) is 0. The number of carbonyl (C=O) groups excluding carboxylic acids is 1. The molecule has 0 saturated carbocycles. The van der Waals surface area contributed by atoms with E-state index in [1.54, 1.807) is 60.7 Å². The van der Waals surface area contributed by atoms with Crippen LogP contribution in [0.15, 0.2) is 66.7 Å². The molecule has 3 aromatic rings. The van der Waals surface area contributed by atoms with E-state index in [9.17, 15) is 14.7 Å². The predicted octanol–water partition coefficient (Wildman–Crippen LogP) is 2.84. The van der Waals surface area contributed by atoms with Gasteiger partial charge in [0.25, 0.3) is 5.72 Å². The second kappa shape index (κ2) is 10.3. The van der Waals surface area contributed by atoms with Gasteiger partial charge in [-0.15, -0.1) is 0 Å². The van der Waals surface area contributed by atoms with E-state index < -0.39 is 23.7 Å². The zero-order chi connectivity index (χ0) is 23.8. The van der Waals surface area contributed by atoms with E-state index in [0.29, 0.717) is 11.1 Å². The molecule has 1 amide bonds. The number of nitrogens with zero attached hydrogens (tertiary/aromatic N) is 2. The minimum Gasteiger partial charge on any atom is -0.481 e. The third-order valence-corrected chi connectivity index (χ3v) is 4.79. The van der Waals surface area contributed by atoms with Gasteiger partial charge in [-0.05, 0) is 11.1 Å². The zero-order valence-electron chi connectivity index (χ0n) is 18.2. The first-order valence-corrected chi connectivity index (χ1v) is 9.79. The number of nitrogens with one attached hydrogen (secondary N) is 1. The van der Waals surface area contributed by atoms with Crippen LogP contribution in [0.2, 0.25) is 0 Å². The lowest BCUT2D eigenvalue weighted by molar-refractivity contribution is -0.160. The van der Waals surface area contributed by atoms with Crippen molar-refractivity contribution >= 4 is 12.1 Å². The van der Waals surface area contributed by atoms with E-state index in [1.165, 1.54) is 20.3 Å². The maximum atomic E-state index is 12.9. The molecule has 33 heavy (non-hydrogen) atoms. The van der Waals surface area contributed by atoms with Gasteiger partial charge in [0.1, 0.15) is 0 Å². The van der Waals surface area contributed by atoms with Gasteiger partial charge in [-0.1, -0.05) is 60.7 Å². The molecule has 0 aliphatic heterocycles. The SMILES string of the molecule is COC(=O)N[C@](Oc1nc(OC)cc(OC)n1)(C(=O)O)C(c1ccccc1)c1ccccc1. The molecule has 1 heterocycles. The van der Waals surface area contributed by atoms with Crippen LogP contribution in [-0.4, -0.2) is 54.2 Å². The Morgan fingerprint density at radius 3 is 1.76 bits per heavy atom. The Balaban J connectivity index is 2.26. The Morgan fingerprint density at radius 1 is 0.879 bits per heavy atom. The molecule has 0 aliphatic carbocycles. The summed E-state index contributed by atoms with van der Waals surface area (Å²) < 4.78 is 20.9. The average molecular weight is 453 g/mol. The van der Waals surface area contributed by atoms with Crippen LogP contribution < -0.4 is 19.5 Å². The highest BCUT2D eigenvalue weighted by molar-refractivity contribution is 5.85. The van der Waals surface area contributed by atoms with Crippen LogP contribution in [0.25, 0.3) is 0 Å². The molecule has 3 rings (SSSR count). The van der Waals surface area contributed by atoms with Gasteiger partial charge >= 0.3 is 18.1 Å². The van der Waals surface area contributed by atoms with E-state index in [4.69, 9.17) is 18.9 Å². The fraction of sp³-hybridized carbons (Fsp3) is 0.217. The fourth-order valence-electron chi connectivity index (χ4n) is 3.32. The Hall–Kier alpha value is -4.34. The summed E-state index contributed by atoms with van der Waals surface area (Å²) in [6, 6.07) is 18.5. The largest absolute Gasteiger partial charge is 0.481 e. The molecule has 0 bridgehead atoms. The molecule has 2 N–H and O–H groups in total. The molecule has 1 atom stereocenters. The van der Waals surface area contributed by atoms with Crippen LogP contribution in [0.4, 0.5) is 4.79 Å². The number of rotatable bonds is 9. The first-order valence-electron chi connectivity index (χ1n) is 9.79. The molecule has 0 saturated heterocycles. The van der Waals surface area contributed by atoms with E-state index in [2.05, 4.69) is 15.3 Å². The van der Waals surface area contributed by atoms with Gasteiger partial charge < -0.3 is 24.1 Å². The normalized spacial score (nSPS) is 12.4. The topological polar surface area (TPSA) is 129 Å². The van der Waals surface area contributed by atoms with Crippen molar-refractivity contribution in [3.05, 3.63) is 77.9 Å². The van der Waals surface area contributed by atoms with Crippen molar-refractivity contribution in [2.45, 2.75) is 11.6 Å². The number of aliphatic carboxylic acids is 1. The summed E-state index contributed by atoms with van der Waals surface area (Å²) in [5, 5.41) is 12.8. The van der Waals surface area contributed by atoms with Crippen molar-refractivity contribution in [3.63, 3.8) is 0 Å². The van der Waals surface area contributed by atoms with Crippen molar-refractivity contribution in [2.24, 2.45) is 0 Å². The number of hydrogen-bond acceptors (Lipinski definition) is 8. The lowest BCUT2D eigenvalue weighted by atomic mass is 9.82. The predicted molar refractivity (Wildman–Crippen MR) is 116 cm³/mol. The van der Waals surface area contributed by atoms with Gasteiger partial charge in [-0.3, -0.25) is 5.32 Å². The highest BCUT2D eigenvalue weighted by atomic mass is 16.6. The Labute approximate surface area is 190 Å². The molecule has 10 heteroatoms. The third kappa shape index (κ3) is 5.12. The van der Waals surface area contributed by atoms with Gasteiger partial charge in [0.05, 0.1) is 33.3 Å². The molecule has 0 spiro atoms. The number of carboxylic acid groups (broad SMARTS) is 1. The standard InChI is InChI=1S/C23H23N3O7/c1-30-17-14-18(31-2)25-21(24-17)33-23(20(27)28,26-22(29)32-3)19(15-10-6-4-7-11-15)16-12-8-5-9-13-16/h4-14,19H,1-3H3,(H,26,29)(H,27,28)/t23-/m1/s1. The van der Waals surface area contributed by atoms with Crippen molar-refractivity contribution in [1.82, 2.24) is 15.3 Å². The lowest BCUT2D eigenvalue weighted by Gasteiger charge is -2.37. The van der Waals surface area contributed by atoms with Crippen molar-refractivity contribution in [3.8, 4) is 17.8 Å². The van der Waals surface area contributed by atoms with E-state index in [-0.39, 0.29) is 17.8 Å². The molecule has 0 aliphatic rings. The molecule has 1 aromatic heterocycles. The Morgan fingerprint density at radius 2 is 1.36 bits per heavy atom. The number of hydrogen-bond donors (Lipinski definition) is 2. The highest BCUT2D eigenvalue weighted by Gasteiger charge is 2.53. The summed E-state index contributed by atoms with van der Waals surface area (Å²) in [5.41, 5.74) is -1.30. The number of aromatic nitrogens is 2. The molecule has 0 radical (unpaired) electrons. The summed E-state index contributed by atoms with van der Waals surface area (Å²) in [7, 11) is 3.87. The quantitative estimate of drug-likeness (QED) is 0.470. The second-order valence-corrected chi connectivity index (χ2v) is 6.75. The minimum absolute atomic E-state index is 0.0742. The van der Waals surface area contributed by atoms with Crippen molar-refractivity contribution in [2.75, 3.05) is 21.3 Å². The maximum Gasteiger partial charge on any atom is 0.410 e. The fourth-order valence-corrected chi connectivity index (χ4v) is 3.32. The van der Waals surface area contributed by atoms with E-state index >= 15 is 0 Å². The highest BCUT2D eigenvalue weighted by Crippen LogP contribution is 2.37. The monoisotopic (exact) mass is 453 g/mol. The summed E-state index contributed by atoms with van der Waals surface area (Å²) in [6.07, 6.45) is -1.02. The summed E-state index contributed by atoms with van der Waals surface area (Å²) in [4.78, 5) is 33.4. The zero-order valence-corrected chi connectivity index (χ0v) is 18.2. The Kier molecular flexibility index (Phi) is 7.29. The van der Waals surface area contributed by atoms with Gasteiger partial charge in [-0.2, -0.15) is 9.97 Å². The van der Waals surface area contributed by atoms with Crippen LogP contribution in [-0.2, 0) is 9.53 Å². The van der Waals surface area contributed by atoms with E-state index in [0.717, 1.165) is 7.11 Å². The Bertz CT molecular complexity index is 1030. The molecule has 0 fully saturated rings. The number of methoxy groups -OCH3 is 3. The number of benzene rings is 2.